The first-order valence-electron chi connectivity index (χ1n) is 15.3. The molecule has 0 aromatic carbocycles. The molecule has 0 saturated carbocycles. The van der Waals surface area contributed by atoms with E-state index < -0.39 is 51.3 Å². The van der Waals surface area contributed by atoms with Crippen LogP contribution in [-0.4, -0.2) is 91.7 Å². The zero-order valence-corrected chi connectivity index (χ0v) is 28.5. The minimum absolute atomic E-state index is 0.0666. The van der Waals surface area contributed by atoms with E-state index in [0.29, 0.717) is 33.6 Å². The van der Waals surface area contributed by atoms with Gasteiger partial charge in [-0.3, -0.25) is 14.2 Å². The molecule has 14 nitrogen and oxygen atoms in total. The Morgan fingerprint density at radius 3 is 2.49 bits per heavy atom. The Kier molecular flexibility index (Phi) is 8.34. The Morgan fingerprint density at radius 2 is 1.84 bits per heavy atom. The number of aromatic nitrogens is 5. The fraction of sp³-hybridized carbons (Fsp3) is 0.438. The lowest BCUT2D eigenvalue weighted by Crippen LogP contribution is -2.70. The lowest BCUT2D eigenvalue weighted by molar-refractivity contribution is -0.151. The van der Waals surface area contributed by atoms with Gasteiger partial charge < -0.3 is 19.5 Å². The summed E-state index contributed by atoms with van der Waals surface area (Å²) in [7, 11) is -2.96. The maximum Gasteiger partial charge on any atom is 0.407 e. The van der Waals surface area contributed by atoms with Crippen LogP contribution in [0.25, 0.3) is 5.65 Å². The van der Waals surface area contributed by atoms with Gasteiger partial charge in [0.25, 0.3) is 6.43 Å². The molecule has 0 aliphatic carbocycles. The summed E-state index contributed by atoms with van der Waals surface area (Å²) in [6, 6.07) is 6.58. The van der Waals surface area contributed by atoms with Crippen LogP contribution in [0.15, 0.2) is 41.6 Å². The Hall–Kier alpha value is -4.77. The summed E-state index contributed by atoms with van der Waals surface area (Å²) in [4.78, 5) is 35.1. The normalized spacial score (nSPS) is 17.7. The average Bonchev–Trinajstić information content (AvgIpc) is 3.43. The van der Waals surface area contributed by atoms with Crippen LogP contribution in [0, 0.1) is 26.2 Å². The number of amides is 1. The average molecular weight is 700 g/mol. The van der Waals surface area contributed by atoms with Crippen LogP contribution in [0.3, 0.4) is 0 Å². The minimum atomic E-state index is -4.22. The van der Waals surface area contributed by atoms with Crippen molar-refractivity contribution in [1.29, 1.82) is 0 Å². The number of halogens is 2. The maximum absolute atomic E-state index is 14.2. The van der Waals surface area contributed by atoms with Crippen LogP contribution in [0.4, 0.5) is 13.6 Å². The van der Waals surface area contributed by atoms with Crippen LogP contribution in [0.5, 0.6) is 5.88 Å². The molecular weight excluding hydrogens is 664 g/mol. The number of methoxy groups -OCH3 is 1. The molecule has 1 N–H and O–H groups in total. The molecule has 2 aliphatic heterocycles. The Morgan fingerprint density at radius 1 is 1.12 bits per heavy atom. The van der Waals surface area contributed by atoms with E-state index in [9.17, 15) is 31.9 Å². The Labute approximate surface area is 280 Å². The van der Waals surface area contributed by atoms with Crippen molar-refractivity contribution in [3.8, 4) is 5.88 Å². The van der Waals surface area contributed by atoms with E-state index in [1.807, 2.05) is 0 Å². The van der Waals surface area contributed by atoms with Crippen molar-refractivity contribution >= 4 is 27.7 Å². The van der Waals surface area contributed by atoms with Crippen molar-refractivity contribution in [2.75, 3.05) is 26.7 Å². The van der Waals surface area contributed by atoms with Crippen molar-refractivity contribution in [1.82, 2.24) is 33.8 Å². The predicted octanol–water partition coefficient (Wildman–Crippen LogP) is 4.03. The number of carbonyl (C=O) groups excluding carboxylic acids is 1. The molecule has 49 heavy (non-hydrogen) atoms. The molecule has 17 heteroatoms. The molecule has 1 fully saturated rings. The number of fused-ring (bicyclic) bond motifs is 2. The number of carboxylic acid groups (broad SMARTS) is 1. The molecule has 4 aromatic heterocycles. The molecule has 1 amide bonds. The quantitative estimate of drug-likeness (QED) is 0.277. The highest BCUT2D eigenvalue weighted by Gasteiger charge is 2.53. The summed E-state index contributed by atoms with van der Waals surface area (Å²) in [5.74, 6) is -1.98. The van der Waals surface area contributed by atoms with Gasteiger partial charge in [0.2, 0.25) is 21.7 Å². The molecule has 1 atom stereocenters. The third-order valence-electron chi connectivity index (χ3n) is 9.26. The third-order valence-corrected chi connectivity index (χ3v) is 11.0. The number of alkyl halides is 2. The summed E-state index contributed by atoms with van der Waals surface area (Å²) < 4.78 is 69.4. The van der Waals surface area contributed by atoms with Crippen molar-refractivity contribution < 1.29 is 41.4 Å². The van der Waals surface area contributed by atoms with Gasteiger partial charge in [-0.1, -0.05) is 6.07 Å². The summed E-state index contributed by atoms with van der Waals surface area (Å²) in [5, 5.41) is 17.2. The van der Waals surface area contributed by atoms with Gasteiger partial charge in [-0.25, -0.2) is 27.0 Å². The summed E-state index contributed by atoms with van der Waals surface area (Å²) >= 11 is 0. The van der Waals surface area contributed by atoms with Crippen molar-refractivity contribution in [3.63, 3.8) is 0 Å². The number of ether oxygens (including phenoxy) is 2. The molecule has 1 spiro atoms. The van der Waals surface area contributed by atoms with Crippen LogP contribution in [0.1, 0.15) is 65.7 Å². The predicted molar refractivity (Wildman–Crippen MR) is 169 cm³/mol. The number of esters is 1. The third kappa shape index (κ3) is 5.73. The SMILES string of the molecule is COC(=O)C(C)(C)C(c1ccc(C)c(CN2CC3(CN(C(=O)O)C3)Oc3ncc(C)cc3S2(=O)=O)n1)c1ccn2c(C(F)F)nnc2c1C. The molecule has 0 bridgehead atoms. The second-order valence-electron chi connectivity index (χ2n) is 13.1. The second kappa shape index (κ2) is 12.0. The minimum Gasteiger partial charge on any atom is -0.469 e. The van der Waals surface area contributed by atoms with Gasteiger partial charge in [0.05, 0.1) is 44.4 Å². The van der Waals surface area contributed by atoms with Crippen molar-refractivity contribution in [2.45, 2.75) is 64.0 Å². The fourth-order valence-electron chi connectivity index (χ4n) is 6.62. The summed E-state index contributed by atoms with van der Waals surface area (Å²) in [6.07, 6.45) is -1.11. The number of aryl methyl sites for hydroxylation is 3. The van der Waals surface area contributed by atoms with E-state index in [1.54, 1.807) is 52.8 Å². The molecule has 260 valence electrons. The number of hydrogen-bond donors (Lipinski definition) is 1. The van der Waals surface area contributed by atoms with Gasteiger partial charge in [-0.05, 0) is 75.1 Å². The fourth-order valence-corrected chi connectivity index (χ4v) is 8.24. The molecule has 1 saturated heterocycles. The molecule has 6 rings (SSSR count). The molecule has 0 radical (unpaired) electrons. The zero-order chi connectivity index (χ0) is 35.6. The highest BCUT2D eigenvalue weighted by Crippen LogP contribution is 2.44. The van der Waals surface area contributed by atoms with Gasteiger partial charge in [-0.15, -0.1) is 10.2 Å². The molecule has 2 aliphatic rings. The van der Waals surface area contributed by atoms with E-state index in [4.69, 9.17) is 14.5 Å². The van der Waals surface area contributed by atoms with Gasteiger partial charge in [0.1, 0.15) is 4.90 Å². The van der Waals surface area contributed by atoms with Crippen LogP contribution in [0.2, 0.25) is 0 Å². The van der Waals surface area contributed by atoms with Crippen molar-refractivity contribution in [3.05, 3.63) is 76.1 Å². The highest BCUT2D eigenvalue weighted by molar-refractivity contribution is 7.89. The van der Waals surface area contributed by atoms with Crippen LogP contribution >= 0.6 is 0 Å². The monoisotopic (exact) mass is 699 g/mol. The first-order valence-corrected chi connectivity index (χ1v) is 16.7. The molecule has 6 heterocycles. The first-order chi connectivity index (χ1) is 23.0. The van der Waals surface area contributed by atoms with E-state index in [0.717, 1.165) is 4.90 Å². The number of rotatable bonds is 7. The Balaban J connectivity index is 1.46. The number of hydrogen-bond acceptors (Lipinski definition) is 10. The standard InChI is InChI=1S/C32H35F2N7O7S/c1-17-11-23-28(35-12-17)48-32(14-39(15-32)30(43)44)16-40(49(23,45)46)13-22-18(2)7-8-21(36-22)24(31(4,5)29(42)47-6)20-9-10-41-26(19(20)3)37-38-27(41)25(33)34/h7-12,24-25H,13-16H2,1-6H3,(H,43,44). The summed E-state index contributed by atoms with van der Waals surface area (Å²) in [5.41, 5.74) is 0.836. The van der Waals surface area contributed by atoms with Gasteiger partial charge >= 0.3 is 12.1 Å². The number of nitrogens with zero attached hydrogens (tertiary/aromatic N) is 7. The van der Waals surface area contributed by atoms with E-state index in [-0.39, 0.29) is 42.6 Å². The van der Waals surface area contributed by atoms with Crippen molar-refractivity contribution in [2.24, 2.45) is 5.41 Å². The van der Waals surface area contributed by atoms with E-state index in [1.165, 1.54) is 34.3 Å². The first kappa shape index (κ1) is 34.1. The molecule has 4 aromatic rings. The number of pyridine rings is 3. The number of sulfonamides is 1. The smallest absolute Gasteiger partial charge is 0.407 e. The number of likely N-dealkylation sites (tertiary alicyclic amines) is 1. The van der Waals surface area contributed by atoms with E-state index >= 15 is 0 Å². The van der Waals surface area contributed by atoms with Gasteiger partial charge in [0.15, 0.2) is 11.2 Å². The topological polar surface area (TPSA) is 169 Å². The number of carbonyl (C=O) groups is 2. The highest BCUT2D eigenvalue weighted by atomic mass is 32.2. The lowest BCUT2D eigenvalue weighted by atomic mass is 9.72. The lowest BCUT2D eigenvalue weighted by Gasteiger charge is -2.48. The van der Waals surface area contributed by atoms with Crippen LogP contribution < -0.4 is 4.74 Å². The molecular formula is C32H35F2N7O7S. The molecule has 1 unspecified atom stereocenters. The summed E-state index contributed by atoms with van der Waals surface area (Å²) in [6.45, 7) is 8.02. The van der Waals surface area contributed by atoms with Gasteiger partial charge in [-0.2, -0.15) is 4.31 Å². The van der Waals surface area contributed by atoms with Crippen LogP contribution in [-0.2, 0) is 26.1 Å². The Bertz CT molecular complexity index is 2100. The maximum atomic E-state index is 14.2. The largest absolute Gasteiger partial charge is 0.469 e. The van der Waals surface area contributed by atoms with Gasteiger partial charge in [0, 0.05) is 24.0 Å². The second-order valence-corrected chi connectivity index (χ2v) is 15.0. The zero-order valence-electron chi connectivity index (χ0n) is 27.6. The van der Waals surface area contributed by atoms with E-state index in [2.05, 4.69) is 15.2 Å².